The lowest BCUT2D eigenvalue weighted by molar-refractivity contribution is -0.139. The van der Waals surface area contributed by atoms with E-state index in [0.29, 0.717) is 16.3 Å². The topological polar surface area (TPSA) is 86.8 Å². The van der Waals surface area contributed by atoms with Crippen LogP contribution in [0.5, 0.6) is 0 Å². The molecular formula is C31H36ClN3O4S. The number of aryl methyl sites for hydroxylation is 2. The molecule has 1 aliphatic rings. The number of hydrogen-bond donors (Lipinski definition) is 1. The normalized spacial score (nSPS) is 14.5. The lowest BCUT2D eigenvalue weighted by Gasteiger charge is -2.33. The second-order valence-corrected chi connectivity index (χ2v) is 12.7. The van der Waals surface area contributed by atoms with Crippen molar-refractivity contribution in [2.45, 2.75) is 70.0 Å². The van der Waals surface area contributed by atoms with E-state index in [0.717, 1.165) is 41.1 Å². The maximum Gasteiger partial charge on any atom is 0.264 e. The van der Waals surface area contributed by atoms with Gasteiger partial charge in [0.15, 0.2) is 0 Å². The monoisotopic (exact) mass is 581 g/mol. The zero-order valence-corrected chi connectivity index (χ0v) is 24.7. The second-order valence-electron chi connectivity index (χ2n) is 10.4. The van der Waals surface area contributed by atoms with Crippen LogP contribution >= 0.6 is 11.6 Å². The van der Waals surface area contributed by atoms with Crippen LogP contribution in [-0.4, -0.2) is 43.8 Å². The Balaban J connectivity index is 1.71. The van der Waals surface area contributed by atoms with Gasteiger partial charge in [-0.3, -0.25) is 13.9 Å². The van der Waals surface area contributed by atoms with Gasteiger partial charge in [0.2, 0.25) is 11.8 Å². The minimum absolute atomic E-state index is 0.0807. The van der Waals surface area contributed by atoms with E-state index in [-0.39, 0.29) is 23.4 Å². The Morgan fingerprint density at radius 3 is 2.35 bits per heavy atom. The van der Waals surface area contributed by atoms with E-state index in [1.54, 1.807) is 49.4 Å². The predicted molar refractivity (Wildman–Crippen MR) is 159 cm³/mol. The molecule has 1 aliphatic carbocycles. The van der Waals surface area contributed by atoms with E-state index < -0.39 is 28.5 Å². The number of amides is 2. The first-order valence-electron chi connectivity index (χ1n) is 13.6. The van der Waals surface area contributed by atoms with Crippen molar-refractivity contribution in [2.75, 3.05) is 10.8 Å². The molecule has 3 aromatic rings. The van der Waals surface area contributed by atoms with E-state index in [9.17, 15) is 18.0 Å². The lowest BCUT2D eigenvalue weighted by atomic mass is 10.1. The van der Waals surface area contributed by atoms with Crippen molar-refractivity contribution in [3.63, 3.8) is 0 Å². The Morgan fingerprint density at radius 1 is 0.975 bits per heavy atom. The number of sulfonamides is 1. The Kier molecular flexibility index (Phi) is 9.53. The summed E-state index contributed by atoms with van der Waals surface area (Å²) in [4.78, 5) is 28.9. The number of anilines is 1. The molecule has 0 aliphatic heterocycles. The third-order valence-electron chi connectivity index (χ3n) is 7.35. The fourth-order valence-corrected chi connectivity index (χ4v) is 6.73. The van der Waals surface area contributed by atoms with Gasteiger partial charge in [0.25, 0.3) is 10.0 Å². The first-order chi connectivity index (χ1) is 19.1. The minimum Gasteiger partial charge on any atom is -0.352 e. The van der Waals surface area contributed by atoms with Gasteiger partial charge in [0, 0.05) is 17.6 Å². The smallest absolute Gasteiger partial charge is 0.264 e. The molecule has 3 aromatic carbocycles. The summed E-state index contributed by atoms with van der Waals surface area (Å²) in [5.41, 5.74) is 2.74. The summed E-state index contributed by atoms with van der Waals surface area (Å²) in [6, 6.07) is 19.9. The molecule has 1 saturated carbocycles. The molecule has 4 rings (SSSR count). The fraction of sp³-hybridized carbons (Fsp3) is 0.355. The van der Waals surface area contributed by atoms with Crippen molar-refractivity contribution in [3.8, 4) is 0 Å². The number of rotatable bonds is 10. The van der Waals surface area contributed by atoms with Crippen molar-refractivity contribution in [2.24, 2.45) is 0 Å². The average molecular weight is 582 g/mol. The van der Waals surface area contributed by atoms with Gasteiger partial charge in [-0.05, 0) is 80.6 Å². The first-order valence-corrected chi connectivity index (χ1v) is 15.4. The quantitative estimate of drug-likeness (QED) is 0.336. The van der Waals surface area contributed by atoms with E-state index >= 15 is 0 Å². The molecule has 1 atom stereocenters. The van der Waals surface area contributed by atoms with Crippen LogP contribution in [0.15, 0.2) is 77.7 Å². The van der Waals surface area contributed by atoms with Gasteiger partial charge in [-0.25, -0.2) is 8.42 Å². The van der Waals surface area contributed by atoms with Gasteiger partial charge < -0.3 is 10.2 Å². The number of carbonyl (C=O) groups is 2. The van der Waals surface area contributed by atoms with Crippen molar-refractivity contribution < 1.29 is 18.0 Å². The number of hydrogen-bond acceptors (Lipinski definition) is 4. The van der Waals surface area contributed by atoms with Gasteiger partial charge >= 0.3 is 0 Å². The number of benzene rings is 3. The molecule has 0 saturated heterocycles. The Bertz CT molecular complexity index is 1460. The summed E-state index contributed by atoms with van der Waals surface area (Å²) in [5, 5.41) is 3.59. The van der Waals surface area contributed by atoms with Gasteiger partial charge in [0.05, 0.1) is 10.6 Å². The average Bonchev–Trinajstić information content (AvgIpc) is 3.45. The molecule has 0 radical (unpaired) electrons. The minimum atomic E-state index is -4.10. The Labute approximate surface area is 242 Å². The lowest BCUT2D eigenvalue weighted by Crippen LogP contribution is -2.52. The molecule has 9 heteroatoms. The van der Waals surface area contributed by atoms with Crippen LogP contribution in [0.3, 0.4) is 0 Å². The number of nitrogens with one attached hydrogen (secondary N) is 1. The summed E-state index contributed by atoms with van der Waals surface area (Å²) >= 11 is 6.22. The van der Waals surface area contributed by atoms with Crippen molar-refractivity contribution in [3.05, 3.63) is 94.5 Å². The second kappa shape index (κ2) is 12.9. The third kappa shape index (κ3) is 7.04. The maximum atomic E-state index is 14.1. The SMILES string of the molecule is Cc1ccc(C)c(N(CC(=O)N(Cc2cccc(Cl)c2)[C@@H](C)C(=O)NC2CCCC2)S(=O)(=O)c2ccccc2)c1. The molecule has 0 bridgehead atoms. The van der Waals surface area contributed by atoms with Crippen molar-refractivity contribution in [1.82, 2.24) is 10.2 Å². The highest BCUT2D eigenvalue weighted by Crippen LogP contribution is 2.29. The highest BCUT2D eigenvalue weighted by Gasteiger charge is 2.34. The van der Waals surface area contributed by atoms with Crippen LogP contribution < -0.4 is 9.62 Å². The molecule has 0 heterocycles. The first kappa shape index (κ1) is 29.6. The van der Waals surface area contributed by atoms with Crippen molar-refractivity contribution >= 4 is 39.1 Å². The van der Waals surface area contributed by atoms with Crippen LogP contribution in [0.4, 0.5) is 5.69 Å². The van der Waals surface area contributed by atoms with Gasteiger partial charge in [-0.2, -0.15) is 0 Å². The van der Waals surface area contributed by atoms with Crippen LogP contribution in [0.25, 0.3) is 0 Å². The van der Waals surface area contributed by atoms with E-state index in [1.165, 1.54) is 17.0 Å². The molecule has 1 fully saturated rings. The van der Waals surface area contributed by atoms with Crippen LogP contribution in [0.1, 0.15) is 49.3 Å². The molecule has 0 unspecified atom stereocenters. The van der Waals surface area contributed by atoms with Crippen LogP contribution in [-0.2, 0) is 26.2 Å². The van der Waals surface area contributed by atoms with Crippen molar-refractivity contribution in [1.29, 1.82) is 0 Å². The van der Waals surface area contributed by atoms with E-state index in [2.05, 4.69) is 5.32 Å². The third-order valence-corrected chi connectivity index (χ3v) is 9.36. The van der Waals surface area contributed by atoms with Gasteiger partial charge in [0.1, 0.15) is 12.6 Å². The molecule has 40 heavy (non-hydrogen) atoms. The molecule has 1 N–H and O–H groups in total. The zero-order valence-electron chi connectivity index (χ0n) is 23.1. The highest BCUT2D eigenvalue weighted by molar-refractivity contribution is 7.92. The molecule has 7 nitrogen and oxygen atoms in total. The maximum absolute atomic E-state index is 14.1. The molecular weight excluding hydrogens is 546 g/mol. The van der Waals surface area contributed by atoms with Crippen LogP contribution in [0.2, 0.25) is 5.02 Å². The van der Waals surface area contributed by atoms with Gasteiger partial charge in [-0.15, -0.1) is 0 Å². The van der Waals surface area contributed by atoms with E-state index in [1.807, 2.05) is 32.0 Å². The zero-order chi connectivity index (χ0) is 28.9. The highest BCUT2D eigenvalue weighted by atomic mass is 35.5. The van der Waals surface area contributed by atoms with E-state index in [4.69, 9.17) is 11.6 Å². The standard InChI is InChI=1S/C31H36ClN3O4S/c1-22-16-17-23(2)29(18-22)35(40(38,39)28-14-5-4-6-15-28)21-30(36)34(20-25-10-9-11-26(32)19-25)24(3)31(37)33-27-12-7-8-13-27/h4-6,9-11,14-19,24,27H,7-8,12-13,20-21H2,1-3H3,(H,33,37)/t24-/m0/s1. The summed E-state index contributed by atoms with van der Waals surface area (Å²) in [6.45, 7) is 5.00. The molecule has 0 aromatic heterocycles. The molecule has 0 spiro atoms. The fourth-order valence-electron chi connectivity index (χ4n) is 5.03. The summed E-state index contributed by atoms with van der Waals surface area (Å²) in [7, 11) is -4.10. The molecule has 2 amide bonds. The largest absolute Gasteiger partial charge is 0.352 e. The van der Waals surface area contributed by atoms with Crippen LogP contribution in [0, 0.1) is 13.8 Å². The number of halogens is 1. The van der Waals surface area contributed by atoms with Gasteiger partial charge in [-0.1, -0.05) is 66.9 Å². The summed E-state index contributed by atoms with van der Waals surface area (Å²) in [6.07, 6.45) is 3.95. The number of nitrogens with zero attached hydrogens (tertiary/aromatic N) is 2. The predicted octanol–water partition coefficient (Wildman–Crippen LogP) is 5.63. The number of carbonyl (C=O) groups excluding carboxylic acids is 2. The Hall–Kier alpha value is -3.36. The summed E-state index contributed by atoms with van der Waals surface area (Å²) in [5.74, 6) is -0.749. The summed E-state index contributed by atoms with van der Waals surface area (Å²) < 4.78 is 29.1. The Morgan fingerprint density at radius 2 is 1.68 bits per heavy atom. The molecule has 212 valence electrons.